The SMILES string of the molecule is CN(Cc1ccc(CN)s1)CC1CCCC1. The van der Waals surface area contributed by atoms with E-state index in [2.05, 4.69) is 24.1 Å². The van der Waals surface area contributed by atoms with E-state index in [1.54, 1.807) is 0 Å². The maximum Gasteiger partial charge on any atom is 0.0325 e. The van der Waals surface area contributed by atoms with E-state index in [9.17, 15) is 0 Å². The van der Waals surface area contributed by atoms with Crippen LogP contribution in [0.15, 0.2) is 12.1 Å². The van der Waals surface area contributed by atoms with E-state index in [0.29, 0.717) is 6.54 Å². The zero-order valence-corrected chi connectivity index (χ0v) is 10.9. The maximum absolute atomic E-state index is 5.62. The molecule has 1 aliphatic rings. The number of hydrogen-bond acceptors (Lipinski definition) is 3. The number of nitrogens with zero attached hydrogens (tertiary/aromatic N) is 1. The highest BCUT2D eigenvalue weighted by molar-refractivity contribution is 7.11. The van der Waals surface area contributed by atoms with Gasteiger partial charge in [-0.05, 0) is 37.9 Å². The van der Waals surface area contributed by atoms with E-state index < -0.39 is 0 Å². The van der Waals surface area contributed by atoms with Crippen molar-refractivity contribution in [1.29, 1.82) is 0 Å². The Morgan fingerprint density at radius 3 is 2.62 bits per heavy atom. The van der Waals surface area contributed by atoms with Crippen LogP contribution in [0, 0.1) is 5.92 Å². The highest BCUT2D eigenvalue weighted by atomic mass is 32.1. The van der Waals surface area contributed by atoms with Crippen LogP contribution in [0.5, 0.6) is 0 Å². The highest BCUT2D eigenvalue weighted by Crippen LogP contribution is 2.26. The van der Waals surface area contributed by atoms with Gasteiger partial charge in [0, 0.05) is 29.4 Å². The lowest BCUT2D eigenvalue weighted by molar-refractivity contribution is 0.273. The summed E-state index contributed by atoms with van der Waals surface area (Å²) in [7, 11) is 2.24. The van der Waals surface area contributed by atoms with E-state index in [4.69, 9.17) is 5.73 Å². The van der Waals surface area contributed by atoms with Gasteiger partial charge in [0.15, 0.2) is 0 Å². The highest BCUT2D eigenvalue weighted by Gasteiger charge is 2.16. The van der Waals surface area contributed by atoms with Gasteiger partial charge in [0.2, 0.25) is 0 Å². The minimum Gasteiger partial charge on any atom is -0.326 e. The van der Waals surface area contributed by atoms with Crippen molar-refractivity contribution >= 4 is 11.3 Å². The quantitative estimate of drug-likeness (QED) is 0.854. The molecule has 90 valence electrons. The summed E-state index contributed by atoms with van der Waals surface area (Å²) in [6.45, 7) is 3.02. The van der Waals surface area contributed by atoms with Crippen molar-refractivity contribution in [2.45, 2.75) is 38.8 Å². The number of thiophene rings is 1. The summed E-state index contributed by atoms with van der Waals surface area (Å²) < 4.78 is 0. The van der Waals surface area contributed by atoms with E-state index in [1.807, 2.05) is 11.3 Å². The van der Waals surface area contributed by atoms with Crippen molar-refractivity contribution in [1.82, 2.24) is 4.90 Å². The van der Waals surface area contributed by atoms with Gasteiger partial charge in [0.05, 0.1) is 0 Å². The summed E-state index contributed by atoms with van der Waals surface area (Å²) in [5.41, 5.74) is 5.62. The van der Waals surface area contributed by atoms with Crippen LogP contribution in [0.3, 0.4) is 0 Å². The van der Waals surface area contributed by atoms with Crippen LogP contribution in [0.1, 0.15) is 35.4 Å². The fourth-order valence-electron chi connectivity index (χ4n) is 2.58. The lowest BCUT2D eigenvalue weighted by Crippen LogP contribution is -2.23. The lowest BCUT2D eigenvalue weighted by Gasteiger charge is -2.19. The molecule has 0 amide bonds. The molecular formula is C13H22N2S. The molecule has 3 heteroatoms. The van der Waals surface area contributed by atoms with Gasteiger partial charge >= 0.3 is 0 Å². The van der Waals surface area contributed by atoms with Gasteiger partial charge in [-0.15, -0.1) is 11.3 Å². The molecule has 1 aliphatic carbocycles. The van der Waals surface area contributed by atoms with Gasteiger partial charge in [-0.25, -0.2) is 0 Å². The average molecular weight is 238 g/mol. The van der Waals surface area contributed by atoms with Gasteiger partial charge in [0.1, 0.15) is 0 Å². The first kappa shape index (κ1) is 12.1. The Kier molecular flexibility index (Phi) is 4.38. The Labute approximate surface area is 102 Å². The predicted octanol–water partition coefficient (Wildman–Crippen LogP) is 2.83. The first-order valence-electron chi connectivity index (χ1n) is 6.24. The molecule has 2 rings (SSSR count). The Balaban J connectivity index is 1.79. The van der Waals surface area contributed by atoms with E-state index in [0.717, 1.165) is 12.5 Å². The molecular weight excluding hydrogens is 216 g/mol. The molecule has 16 heavy (non-hydrogen) atoms. The third kappa shape index (κ3) is 3.30. The predicted molar refractivity (Wildman–Crippen MR) is 70.5 cm³/mol. The lowest BCUT2D eigenvalue weighted by atomic mass is 10.1. The van der Waals surface area contributed by atoms with Crippen LogP contribution in [-0.4, -0.2) is 18.5 Å². The molecule has 1 saturated carbocycles. The maximum atomic E-state index is 5.62. The van der Waals surface area contributed by atoms with Gasteiger partial charge < -0.3 is 10.6 Å². The molecule has 1 fully saturated rings. The van der Waals surface area contributed by atoms with Gasteiger partial charge in [-0.3, -0.25) is 0 Å². The van der Waals surface area contributed by atoms with Crippen LogP contribution in [0.4, 0.5) is 0 Å². The third-order valence-corrected chi connectivity index (χ3v) is 4.48. The molecule has 2 N–H and O–H groups in total. The first-order valence-corrected chi connectivity index (χ1v) is 7.06. The zero-order chi connectivity index (χ0) is 11.4. The summed E-state index contributed by atoms with van der Waals surface area (Å²) >= 11 is 1.85. The van der Waals surface area contributed by atoms with E-state index in [-0.39, 0.29) is 0 Å². The summed E-state index contributed by atoms with van der Waals surface area (Å²) in [5.74, 6) is 0.943. The zero-order valence-electron chi connectivity index (χ0n) is 10.1. The van der Waals surface area contributed by atoms with Crippen molar-refractivity contribution < 1.29 is 0 Å². The molecule has 0 saturated heterocycles. The molecule has 1 heterocycles. The second-order valence-electron chi connectivity index (χ2n) is 4.92. The Morgan fingerprint density at radius 2 is 2.00 bits per heavy atom. The Bertz CT molecular complexity index is 315. The van der Waals surface area contributed by atoms with Gasteiger partial charge in [0.25, 0.3) is 0 Å². The summed E-state index contributed by atoms with van der Waals surface area (Å²) in [6, 6.07) is 4.38. The minimum absolute atomic E-state index is 0.678. The van der Waals surface area contributed by atoms with Crippen LogP contribution in [0.2, 0.25) is 0 Å². The summed E-state index contributed by atoms with van der Waals surface area (Å²) in [6.07, 6.45) is 5.75. The van der Waals surface area contributed by atoms with Crippen LogP contribution in [-0.2, 0) is 13.1 Å². The smallest absolute Gasteiger partial charge is 0.0325 e. The van der Waals surface area contributed by atoms with Crippen molar-refractivity contribution in [2.75, 3.05) is 13.6 Å². The average Bonchev–Trinajstić information content (AvgIpc) is 2.89. The third-order valence-electron chi connectivity index (χ3n) is 3.39. The monoisotopic (exact) mass is 238 g/mol. The second-order valence-corrected chi connectivity index (χ2v) is 6.17. The topological polar surface area (TPSA) is 29.3 Å². The minimum atomic E-state index is 0.678. The van der Waals surface area contributed by atoms with Gasteiger partial charge in [-0.1, -0.05) is 12.8 Å². The fourth-order valence-corrected chi connectivity index (χ4v) is 3.56. The van der Waals surface area contributed by atoms with Crippen molar-refractivity contribution in [3.63, 3.8) is 0 Å². The largest absolute Gasteiger partial charge is 0.326 e. The molecule has 0 spiro atoms. The van der Waals surface area contributed by atoms with Crippen molar-refractivity contribution in [2.24, 2.45) is 11.7 Å². The second kappa shape index (κ2) is 5.80. The van der Waals surface area contributed by atoms with Crippen molar-refractivity contribution in [3.8, 4) is 0 Å². The van der Waals surface area contributed by atoms with Gasteiger partial charge in [-0.2, -0.15) is 0 Å². The molecule has 0 aromatic carbocycles. The summed E-state index contributed by atoms with van der Waals surface area (Å²) in [4.78, 5) is 5.20. The van der Waals surface area contributed by atoms with E-state index >= 15 is 0 Å². The number of rotatable bonds is 5. The van der Waals surface area contributed by atoms with E-state index in [1.165, 1.54) is 42.0 Å². The first-order chi connectivity index (χ1) is 7.78. The normalized spacial score (nSPS) is 17.4. The molecule has 1 aromatic rings. The Morgan fingerprint density at radius 1 is 1.31 bits per heavy atom. The molecule has 0 aliphatic heterocycles. The molecule has 0 unspecified atom stereocenters. The van der Waals surface area contributed by atoms with Crippen LogP contribution in [0.25, 0.3) is 0 Å². The van der Waals surface area contributed by atoms with Crippen molar-refractivity contribution in [3.05, 3.63) is 21.9 Å². The standard InChI is InChI=1S/C13H22N2S/c1-15(9-11-4-2-3-5-11)10-13-7-6-12(8-14)16-13/h6-7,11H,2-5,8-10,14H2,1H3. The number of nitrogens with two attached hydrogens (primary N) is 1. The van der Waals surface area contributed by atoms with Crippen LogP contribution >= 0.6 is 11.3 Å². The Hall–Kier alpha value is -0.380. The molecule has 0 atom stereocenters. The summed E-state index contributed by atoms with van der Waals surface area (Å²) in [5, 5.41) is 0. The molecule has 0 radical (unpaired) electrons. The molecule has 2 nitrogen and oxygen atoms in total. The van der Waals surface area contributed by atoms with Crippen LogP contribution < -0.4 is 5.73 Å². The fraction of sp³-hybridized carbons (Fsp3) is 0.692. The number of hydrogen-bond donors (Lipinski definition) is 1. The molecule has 1 aromatic heterocycles. The molecule has 0 bridgehead atoms.